The molecule has 0 atom stereocenters. The lowest BCUT2D eigenvalue weighted by Crippen LogP contribution is -2.31. The first-order valence-corrected chi connectivity index (χ1v) is 15.0. The van der Waals surface area contributed by atoms with Crippen molar-refractivity contribution in [3.8, 4) is 11.1 Å². The number of hydrogen-bond acceptors (Lipinski definition) is 8. The van der Waals surface area contributed by atoms with Gasteiger partial charge in [0.1, 0.15) is 17.9 Å². The lowest BCUT2D eigenvalue weighted by atomic mass is 10.0. The van der Waals surface area contributed by atoms with E-state index in [0.717, 1.165) is 40.2 Å². The van der Waals surface area contributed by atoms with Crippen molar-refractivity contribution in [1.29, 1.82) is 0 Å². The molecule has 0 spiro atoms. The van der Waals surface area contributed by atoms with Crippen molar-refractivity contribution in [2.24, 2.45) is 0 Å². The first kappa shape index (κ1) is 29.4. The van der Waals surface area contributed by atoms with Gasteiger partial charge >= 0.3 is 0 Å². The van der Waals surface area contributed by atoms with Crippen LogP contribution in [0.4, 0.5) is 0 Å². The molecule has 5 aromatic rings. The van der Waals surface area contributed by atoms with Crippen LogP contribution in [-0.4, -0.2) is 33.9 Å². The zero-order valence-corrected chi connectivity index (χ0v) is 24.6. The minimum atomic E-state index is -4.28. The number of fused-ring (bicyclic) bond motifs is 1. The molecule has 0 unspecified atom stereocenters. The van der Waals surface area contributed by atoms with Crippen molar-refractivity contribution in [2.75, 3.05) is 0 Å². The number of hydrogen-bond donors (Lipinski definition) is 1. The van der Waals surface area contributed by atoms with Crippen LogP contribution in [0.3, 0.4) is 0 Å². The molecule has 0 radical (unpaired) electrons. The Labute approximate surface area is 248 Å². The van der Waals surface area contributed by atoms with Crippen LogP contribution in [-0.2, 0) is 34.4 Å². The average Bonchev–Trinajstić information content (AvgIpc) is 3.33. The molecule has 11 nitrogen and oxygen atoms in total. The topological polar surface area (TPSA) is 146 Å². The van der Waals surface area contributed by atoms with Gasteiger partial charge in [-0.15, -0.1) is 10.1 Å². The van der Waals surface area contributed by atoms with E-state index in [1.54, 1.807) is 18.2 Å². The molecule has 2 aromatic heterocycles. The molecular formula is C31H29N5O6S. The number of benzene rings is 3. The standard InChI is InChI=1S/C31H29N5O6S/c1-4-28-33-29-20(2)16-21(3)32-30(29)35(28)18-22-12-14-24(15-13-22)26-10-5-6-11-27(26)43(40,41)34-31(37)25-9-7-8-23(17-25)19-42-36(38)39/h5-17H,4,18-19H2,1-3H3,(H,34,37). The number of imidazole rings is 1. The van der Waals surface area contributed by atoms with Crippen LogP contribution in [0.5, 0.6) is 0 Å². The normalized spacial score (nSPS) is 11.4. The van der Waals surface area contributed by atoms with E-state index in [1.807, 2.05) is 44.2 Å². The summed E-state index contributed by atoms with van der Waals surface area (Å²) in [4.78, 5) is 37.2. The van der Waals surface area contributed by atoms with Crippen LogP contribution in [0.2, 0.25) is 0 Å². The highest BCUT2D eigenvalue weighted by atomic mass is 32.2. The van der Waals surface area contributed by atoms with Crippen LogP contribution in [0.25, 0.3) is 22.3 Å². The molecule has 5 rings (SSSR count). The maximum absolute atomic E-state index is 13.4. The van der Waals surface area contributed by atoms with Gasteiger partial charge < -0.3 is 9.40 Å². The monoisotopic (exact) mass is 599 g/mol. The van der Waals surface area contributed by atoms with E-state index in [1.165, 1.54) is 30.3 Å². The SMILES string of the molecule is CCc1nc2c(C)cc(C)nc2n1Cc1ccc(-c2ccccc2S(=O)(=O)NC(=O)c2cccc(CO[N+](=O)[O-])c2)cc1. The van der Waals surface area contributed by atoms with Gasteiger partial charge in [0, 0.05) is 23.2 Å². The number of aromatic nitrogens is 3. The molecule has 2 heterocycles. The molecule has 3 aromatic carbocycles. The van der Waals surface area contributed by atoms with Gasteiger partial charge in [-0.25, -0.2) is 23.1 Å². The van der Waals surface area contributed by atoms with E-state index in [4.69, 9.17) is 9.97 Å². The fourth-order valence-corrected chi connectivity index (χ4v) is 6.17. The predicted molar refractivity (Wildman–Crippen MR) is 160 cm³/mol. The molecule has 1 N–H and O–H groups in total. The maximum Gasteiger partial charge on any atom is 0.294 e. The summed E-state index contributed by atoms with van der Waals surface area (Å²) in [7, 11) is -4.28. The molecule has 0 bridgehead atoms. The summed E-state index contributed by atoms with van der Waals surface area (Å²) in [5.41, 5.74) is 6.17. The minimum absolute atomic E-state index is 0.0215. The summed E-state index contributed by atoms with van der Waals surface area (Å²) < 4.78 is 31.0. The molecule has 0 fully saturated rings. The molecule has 0 saturated carbocycles. The van der Waals surface area contributed by atoms with Crippen molar-refractivity contribution in [1.82, 2.24) is 19.3 Å². The van der Waals surface area contributed by atoms with Gasteiger partial charge in [0.15, 0.2) is 5.65 Å². The molecule has 12 heteroatoms. The van der Waals surface area contributed by atoms with Gasteiger partial charge in [0.2, 0.25) is 0 Å². The third kappa shape index (κ3) is 6.38. The van der Waals surface area contributed by atoms with Crippen LogP contribution >= 0.6 is 0 Å². The summed E-state index contributed by atoms with van der Waals surface area (Å²) >= 11 is 0. The first-order chi connectivity index (χ1) is 20.6. The number of nitrogens with one attached hydrogen (secondary N) is 1. The lowest BCUT2D eigenvalue weighted by Gasteiger charge is -2.13. The average molecular weight is 600 g/mol. The third-order valence-electron chi connectivity index (χ3n) is 6.95. The second kappa shape index (κ2) is 12.0. The van der Waals surface area contributed by atoms with Crippen LogP contribution in [0.15, 0.2) is 83.8 Å². The van der Waals surface area contributed by atoms with Crippen molar-refractivity contribution >= 4 is 27.1 Å². The Morgan fingerprint density at radius 2 is 1.72 bits per heavy atom. The number of carbonyl (C=O) groups is 1. The molecule has 0 aliphatic rings. The summed E-state index contributed by atoms with van der Waals surface area (Å²) in [6.45, 7) is 6.23. The lowest BCUT2D eigenvalue weighted by molar-refractivity contribution is -0.763. The molecule has 43 heavy (non-hydrogen) atoms. The van der Waals surface area contributed by atoms with Crippen LogP contribution in [0, 0.1) is 24.0 Å². The zero-order chi connectivity index (χ0) is 30.7. The minimum Gasteiger partial charge on any atom is -0.309 e. The summed E-state index contributed by atoms with van der Waals surface area (Å²) in [5.74, 6) is 0.0646. The number of amides is 1. The number of aryl methyl sites for hydroxylation is 3. The molecule has 0 aliphatic carbocycles. The molecule has 220 valence electrons. The van der Waals surface area contributed by atoms with E-state index in [9.17, 15) is 23.3 Å². The van der Waals surface area contributed by atoms with Gasteiger partial charge in [0.25, 0.3) is 21.0 Å². The van der Waals surface area contributed by atoms with Gasteiger partial charge in [-0.2, -0.15) is 0 Å². The second-order valence-corrected chi connectivity index (χ2v) is 11.7. The maximum atomic E-state index is 13.4. The van der Waals surface area contributed by atoms with Crippen molar-refractivity contribution in [3.63, 3.8) is 0 Å². The Kier molecular flexibility index (Phi) is 8.22. The Bertz CT molecular complexity index is 1950. The number of nitrogens with zero attached hydrogens (tertiary/aromatic N) is 4. The van der Waals surface area contributed by atoms with E-state index >= 15 is 0 Å². The molecule has 1 amide bonds. The third-order valence-corrected chi connectivity index (χ3v) is 8.34. The summed E-state index contributed by atoms with van der Waals surface area (Å²) in [6.07, 6.45) is 0.751. The van der Waals surface area contributed by atoms with Crippen molar-refractivity contribution < 1.29 is 23.1 Å². The van der Waals surface area contributed by atoms with E-state index in [-0.39, 0.29) is 17.1 Å². The smallest absolute Gasteiger partial charge is 0.294 e. The van der Waals surface area contributed by atoms with E-state index in [0.29, 0.717) is 23.2 Å². The first-order valence-electron chi connectivity index (χ1n) is 13.5. The van der Waals surface area contributed by atoms with Gasteiger partial charge in [-0.3, -0.25) is 4.79 Å². The number of rotatable bonds is 10. The molecule has 0 aliphatic heterocycles. The second-order valence-electron chi connectivity index (χ2n) is 10.0. The Balaban J connectivity index is 1.39. The number of sulfonamides is 1. The van der Waals surface area contributed by atoms with Gasteiger partial charge in [-0.05, 0) is 60.4 Å². The summed E-state index contributed by atoms with van der Waals surface area (Å²) in [6, 6.07) is 21.8. The number of carbonyl (C=O) groups excluding carboxylic acids is 1. The highest BCUT2D eigenvalue weighted by Crippen LogP contribution is 2.28. The van der Waals surface area contributed by atoms with E-state index < -0.39 is 21.0 Å². The van der Waals surface area contributed by atoms with Crippen molar-refractivity contribution in [3.05, 3.63) is 123 Å². The highest BCUT2D eigenvalue weighted by Gasteiger charge is 2.23. The Hall–Kier alpha value is -5.10. The quantitative estimate of drug-likeness (QED) is 0.171. The van der Waals surface area contributed by atoms with Crippen LogP contribution in [0.1, 0.15) is 45.5 Å². The van der Waals surface area contributed by atoms with Gasteiger partial charge in [0.05, 0.1) is 11.4 Å². The van der Waals surface area contributed by atoms with Crippen molar-refractivity contribution in [2.45, 2.75) is 45.2 Å². The molecule has 0 saturated heterocycles. The molecular weight excluding hydrogens is 570 g/mol. The fourth-order valence-electron chi connectivity index (χ4n) is 4.96. The zero-order valence-electron chi connectivity index (χ0n) is 23.8. The fraction of sp³-hybridized carbons (Fsp3) is 0.194. The highest BCUT2D eigenvalue weighted by molar-refractivity contribution is 7.90. The largest absolute Gasteiger partial charge is 0.309 e. The van der Waals surface area contributed by atoms with E-state index in [2.05, 4.69) is 21.1 Å². The van der Waals surface area contributed by atoms with Crippen LogP contribution < -0.4 is 4.72 Å². The number of pyridine rings is 1. The Morgan fingerprint density at radius 3 is 2.44 bits per heavy atom. The summed E-state index contributed by atoms with van der Waals surface area (Å²) in [5, 5.41) is 9.55. The Morgan fingerprint density at radius 1 is 0.977 bits per heavy atom. The predicted octanol–water partition coefficient (Wildman–Crippen LogP) is 5.15. The van der Waals surface area contributed by atoms with Gasteiger partial charge in [-0.1, -0.05) is 61.5 Å².